The summed E-state index contributed by atoms with van der Waals surface area (Å²) in [6.45, 7) is 1.94. The number of piperazine rings is 1. The first-order valence-electron chi connectivity index (χ1n) is 9.52. The van der Waals surface area contributed by atoms with Gasteiger partial charge in [0.2, 0.25) is 0 Å². The predicted octanol–water partition coefficient (Wildman–Crippen LogP) is 3.10. The molecule has 0 unspecified atom stereocenters. The van der Waals surface area contributed by atoms with Crippen molar-refractivity contribution in [3.63, 3.8) is 0 Å². The van der Waals surface area contributed by atoms with Gasteiger partial charge in [0, 0.05) is 37.6 Å². The normalized spacial score (nSPS) is 15.4. The van der Waals surface area contributed by atoms with Crippen LogP contribution in [0.2, 0.25) is 0 Å². The monoisotopic (exact) mass is 433 g/mol. The van der Waals surface area contributed by atoms with Crippen molar-refractivity contribution in [3.8, 4) is 0 Å². The van der Waals surface area contributed by atoms with Gasteiger partial charge in [-0.2, -0.15) is 18.3 Å². The molecule has 8 nitrogen and oxygen atoms in total. The molecule has 31 heavy (non-hydrogen) atoms. The highest BCUT2D eigenvalue weighted by Crippen LogP contribution is 2.36. The van der Waals surface area contributed by atoms with Crippen molar-refractivity contribution in [1.29, 1.82) is 0 Å². The number of halogens is 3. The molecule has 3 aromatic rings. The molecule has 1 saturated heterocycles. The van der Waals surface area contributed by atoms with E-state index >= 15 is 0 Å². The van der Waals surface area contributed by atoms with Crippen molar-refractivity contribution in [2.45, 2.75) is 12.8 Å². The summed E-state index contributed by atoms with van der Waals surface area (Å²) < 4.78 is 40.1. The summed E-state index contributed by atoms with van der Waals surface area (Å²) in [5, 5.41) is 16.9. The van der Waals surface area contributed by atoms with Crippen LogP contribution < -0.4 is 10.5 Å². The Balaban J connectivity index is 1.49. The molecule has 1 aliphatic rings. The van der Waals surface area contributed by atoms with Crippen molar-refractivity contribution < 1.29 is 18.1 Å². The Labute approximate surface area is 174 Å². The SMILES string of the molecule is O=c1c2ccccc2cnn1CN1CCN(c2ccc(C(F)(F)F)cc2[N+](=O)[O-])CC1. The maximum absolute atomic E-state index is 12.9. The van der Waals surface area contributed by atoms with Crippen LogP contribution in [0, 0.1) is 10.1 Å². The number of aromatic nitrogens is 2. The fraction of sp³-hybridized carbons (Fsp3) is 0.300. The van der Waals surface area contributed by atoms with Gasteiger partial charge in [0.1, 0.15) is 5.69 Å². The van der Waals surface area contributed by atoms with Crippen LogP contribution in [0.15, 0.2) is 53.5 Å². The fourth-order valence-corrected chi connectivity index (χ4v) is 3.66. The summed E-state index contributed by atoms with van der Waals surface area (Å²) in [5.41, 5.74) is -1.68. The highest BCUT2D eigenvalue weighted by molar-refractivity contribution is 5.80. The quantitative estimate of drug-likeness (QED) is 0.464. The Hall–Kier alpha value is -3.47. The Bertz CT molecular complexity index is 1190. The highest BCUT2D eigenvalue weighted by Gasteiger charge is 2.34. The second-order valence-corrected chi connectivity index (χ2v) is 7.24. The van der Waals surface area contributed by atoms with Gasteiger partial charge in [-0.15, -0.1) is 0 Å². The largest absolute Gasteiger partial charge is 0.416 e. The first-order valence-corrected chi connectivity index (χ1v) is 9.52. The number of fused-ring (bicyclic) bond motifs is 1. The summed E-state index contributed by atoms with van der Waals surface area (Å²) >= 11 is 0. The van der Waals surface area contributed by atoms with Crippen LogP contribution in [-0.4, -0.2) is 45.8 Å². The van der Waals surface area contributed by atoms with Crippen LogP contribution in [0.5, 0.6) is 0 Å². The lowest BCUT2D eigenvalue weighted by molar-refractivity contribution is -0.384. The van der Waals surface area contributed by atoms with Gasteiger partial charge < -0.3 is 4.90 Å². The van der Waals surface area contributed by atoms with Crippen LogP contribution in [0.25, 0.3) is 10.8 Å². The third-order valence-corrected chi connectivity index (χ3v) is 5.31. The molecule has 1 fully saturated rings. The second kappa shape index (κ2) is 7.99. The Morgan fingerprint density at radius 3 is 2.45 bits per heavy atom. The Morgan fingerprint density at radius 1 is 1.06 bits per heavy atom. The lowest BCUT2D eigenvalue weighted by Gasteiger charge is -2.35. The molecule has 1 aliphatic heterocycles. The highest BCUT2D eigenvalue weighted by atomic mass is 19.4. The standard InChI is InChI=1S/C20H18F3N5O3/c21-20(22,23)15-5-6-17(18(11-15)28(30)31)26-9-7-25(8-10-26)13-27-19(29)16-4-2-1-3-14(16)12-24-27/h1-6,11-12H,7-10,13H2. The maximum Gasteiger partial charge on any atom is 0.416 e. The van der Waals surface area contributed by atoms with E-state index in [-0.39, 0.29) is 17.9 Å². The number of benzene rings is 2. The minimum atomic E-state index is -4.65. The summed E-state index contributed by atoms with van der Waals surface area (Å²) in [4.78, 5) is 26.8. The van der Waals surface area contributed by atoms with E-state index in [0.29, 0.717) is 37.6 Å². The zero-order valence-corrected chi connectivity index (χ0v) is 16.2. The minimum absolute atomic E-state index is 0.152. The van der Waals surface area contributed by atoms with E-state index in [2.05, 4.69) is 5.10 Å². The first kappa shape index (κ1) is 20.8. The van der Waals surface area contributed by atoms with E-state index in [1.807, 2.05) is 17.0 Å². The molecule has 0 aliphatic carbocycles. The van der Waals surface area contributed by atoms with Crippen molar-refractivity contribution >= 4 is 22.1 Å². The molecule has 2 aromatic carbocycles. The molecule has 11 heteroatoms. The number of rotatable bonds is 4. The van der Waals surface area contributed by atoms with E-state index in [1.54, 1.807) is 23.2 Å². The topological polar surface area (TPSA) is 84.5 Å². The van der Waals surface area contributed by atoms with Gasteiger partial charge in [-0.3, -0.25) is 19.8 Å². The molecule has 0 spiro atoms. The number of nitro benzene ring substituents is 1. The number of hydrogen-bond donors (Lipinski definition) is 0. The Morgan fingerprint density at radius 2 is 1.77 bits per heavy atom. The van der Waals surface area contributed by atoms with Gasteiger partial charge >= 0.3 is 6.18 Å². The fourth-order valence-electron chi connectivity index (χ4n) is 3.66. The van der Waals surface area contributed by atoms with Gasteiger partial charge in [-0.25, -0.2) is 4.68 Å². The summed E-state index contributed by atoms with van der Waals surface area (Å²) in [7, 11) is 0. The number of nitrogens with zero attached hydrogens (tertiary/aromatic N) is 5. The summed E-state index contributed by atoms with van der Waals surface area (Å²) in [6.07, 6.45) is -3.03. The molecule has 2 heterocycles. The molecule has 1 aromatic heterocycles. The van der Waals surface area contributed by atoms with Crippen molar-refractivity contribution in [2.24, 2.45) is 0 Å². The van der Waals surface area contributed by atoms with Crippen molar-refractivity contribution in [2.75, 3.05) is 31.1 Å². The molecule has 0 bridgehead atoms. The van der Waals surface area contributed by atoms with Crippen LogP contribution in [0.3, 0.4) is 0 Å². The zero-order chi connectivity index (χ0) is 22.2. The number of hydrogen-bond acceptors (Lipinski definition) is 6. The zero-order valence-electron chi connectivity index (χ0n) is 16.2. The predicted molar refractivity (Wildman–Crippen MR) is 108 cm³/mol. The van der Waals surface area contributed by atoms with E-state index < -0.39 is 22.4 Å². The van der Waals surface area contributed by atoms with Crippen molar-refractivity contribution in [1.82, 2.24) is 14.7 Å². The smallest absolute Gasteiger partial charge is 0.363 e. The van der Waals surface area contributed by atoms with E-state index in [1.165, 1.54) is 4.68 Å². The average molecular weight is 433 g/mol. The average Bonchev–Trinajstić information content (AvgIpc) is 2.75. The van der Waals surface area contributed by atoms with Gasteiger partial charge in [0.25, 0.3) is 11.2 Å². The van der Waals surface area contributed by atoms with Gasteiger partial charge in [0.15, 0.2) is 0 Å². The molecule has 0 saturated carbocycles. The number of anilines is 1. The lowest BCUT2D eigenvalue weighted by Crippen LogP contribution is -2.48. The van der Waals surface area contributed by atoms with Crippen LogP contribution in [0.4, 0.5) is 24.5 Å². The van der Waals surface area contributed by atoms with Crippen LogP contribution in [0.1, 0.15) is 5.56 Å². The van der Waals surface area contributed by atoms with E-state index in [4.69, 9.17) is 0 Å². The third-order valence-electron chi connectivity index (χ3n) is 5.31. The van der Waals surface area contributed by atoms with E-state index in [9.17, 15) is 28.1 Å². The first-order chi connectivity index (χ1) is 14.7. The molecule has 0 N–H and O–H groups in total. The van der Waals surface area contributed by atoms with Gasteiger partial charge in [-0.05, 0) is 18.2 Å². The maximum atomic E-state index is 12.9. The summed E-state index contributed by atoms with van der Waals surface area (Å²) in [5.74, 6) is 0. The number of nitro groups is 1. The van der Waals surface area contributed by atoms with E-state index in [0.717, 1.165) is 17.5 Å². The molecule has 0 amide bonds. The number of alkyl halides is 3. The van der Waals surface area contributed by atoms with Crippen LogP contribution in [-0.2, 0) is 12.8 Å². The lowest BCUT2D eigenvalue weighted by atomic mass is 10.1. The van der Waals surface area contributed by atoms with Crippen LogP contribution >= 0.6 is 0 Å². The molecule has 0 radical (unpaired) electrons. The molecule has 0 atom stereocenters. The second-order valence-electron chi connectivity index (χ2n) is 7.24. The van der Waals surface area contributed by atoms with Gasteiger partial charge in [-0.1, -0.05) is 18.2 Å². The molecular weight excluding hydrogens is 415 g/mol. The molecule has 162 valence electrons. The minimum Gasteiger partial charge on any atom is -0.363 e. The third kappa shape index (κ3) is 4.22. The Kier molecular flexibility index (Phi) is 5.36. The molecule has 4 rings (SSSR count). The van der Waals surface area contributed by atoms with Gasteiger partial charge in [0.05, 0.1) is 28.7 Å². The summed E-state index contributed by atoms with van der Waals surface area (Å²) in [6, 6.07) is 9.72. The molecular formula is C20H18F3N5O3. The van der Waals surface area contributed by atoms with Crippen molar-refractivity contribution in [3.05, 3.63) is 74.7 Å².